The van der Waals surface area contributed by atoms with E-state index in [-0.39, 0.29) is 44.5 Å². The Morgan fingerprint density at radius 1 is 0.955 bits per heavy atom. The number of benzene rings is 3. The Morgan fingerprint density at radius 2 is 1.55 bits per heavy atom. The van der Waals surface area contributed by atoms with Gasteiger partial charge in [0.05, 0.1) is 26.1 Å². The van der Waals surface area contributed by atoms with Gasteiger partial charge in [-0.3, -0.25) is 19.4 Å². The van der Waals surface area contributed by atoms with Crippen LogP contribution in [0.5, 0.6) is 0 Å². The molecule has 2 fully saturated rings. The Kier molecular flexibility index (Phi) is 9.40. The summed E-state index contributed by atoms with van der Waals surface area (Å²) >= 11 is 0. The van der Waals surface area contributed by atoms with Crippen LogP contribution in [0.4, 0.5) is 0 Å². The second-order valence-electron chi connectivity index (χ2n) is 10.7. The maximum absolute atomic E-state index is 14.0. The minimum atomic E-state index is -1.27. The second kappa shape index (κ2) is 13.7. The van der Waals surface area contributed by atoms with Gasteiger partial charge in [0, 0.05) is 19.0 Å². The lowest BCUT2D eigenvalue weighted by atomic mass is 9.90. The number of carboxylic acids is 1. The van der Waals surface area contributed by atoms with Gasteiger partial charge in [0.25, 0.3) is 0 Å². The van der Waals surface area contributed by atoms with Gasteiger partial charge < -0.3 is 20.2 Å². The summed E-state index contributed by atoms with van der Waals surface area (Å²) in [6.45, 7) is 0.289. The normalized spacial score (nSPS) is 18.4. The summed E-state index contributed by atoms with van der Waals surface area (Å²) in [6, 6.07) is 27.7. The SMILES string of the molecule is C#CCN1CC(=O)N2[C@@H](CC(=O)O)C(=O)N(CC(c3ccccc3)c3ccccc3)C[C@@H]2N1C(=C=O)NCc1ccccc1. The zero-order valence-corrected chi connectivity index (χ0v) is 24.1. The lowest BCUT2D eigenvalue weighted by Gasteiger charge is -2.55. The number of hydrogen-bond donors (Lipinski definition) is 2. The molecule has 3 aromatic rings. The molecule has 0 aromatic heterocycles. The average molecular weight is 592 g/mol. The van der Waals surface area contributed by atoms with Crippen molar-refractivity contribution in [3.05, 3.63) is 114 Å². The van der Waals surface area contributed by atoms with Crippen LogP contribution in [0.2, 0.25) is 0 Å². The van der Waals surface area contributed by atoms with Crippen molar-refractivity contribution in [3.8, 4) is 12.3 Å². The van der Waals surface area contributed by atoms with E-state index in [1.165, 1.54) is 4.90 Å². The highest BCUT2D eigenvalue weighted by atomic mass is 16.4. The largest absolute Gasteiger partial charge is 0.481 e. The van der Waals surface area contributed by atoms with Gasteiger partial charge in [-0.25, -0.2) is 4.79 Å². The number of fused-ring (bicyclic) bond motifs is 1. The number of carbonyl (C=O) groups is 3. The Bertz CT molecular complexity index is 1530. The standard InChI is InChI=1S/C34H33N5O5/c1-2-18-37-23-32(41)38-29(19-33(42)43)34(44)36(21-28(26-14-8-4-9-15-26)27-16-10-5-11-17-27)22-31(38)39(37)30(24-40)35-20-25-12-6-3-7-13-25/h1,3-17,28-29,31,35H,18-23H2,(H,42,43)/t29-,31-/m0/s1. The molecule has 2 aliphatic rings. The molecule has 2 heterocycles. The molecule has 0 unspecified atom stereocenters. The molecular formula is C34H33N5O5. The molecule has 5 rings (SSSR count). The zero-order chi connectivity index (χ0) is 31.1. The molecule has 2 atom stereocenters. The number of carbonyl (C=O) groups excluding carboxylic acids is 3. The first kappa shape index (κ1) is 30.1. The van der Waals surface area contributed by atoms with Gasteiger partial charge in [-0.2, -0.15) is 5.01 Å². The van der Waals surface area contributed by atoms with E-state index < -0.39 is 36.4 Å². The van der Waals surface area contributed by atoms with Gasteiger partial charge in [0.15, 0.2) is 5.94 Å². The van der Waals surface area contributed by atoms with E-state index >= 15 is 0 Å². The molecule has 224 valence electrons. The van der Waals surface area contributed by atoms with Crippen LogP contribution in [0.25, 0.3) is 0 Å². The minimum Gasteiger partial charge on any atom is -0.481 e. The Balaban J connectivity index is 1.54. The smallest absolute Gasteiger partial charge is 0.305 e. The summed E-state index contributed by atoms with van der Waals surface area (Å²) in [5.74, 6) is 2.17. The van der Waals surface area contributed by atoms with Crippen LogP contribution in [0.3, 0.4) is 0 Å². The molecular weight excluding hydrogens is 558 g/mol. The van der Waals surface area contributed by atoms with Crippen LogP contribution < -0.4 is 5.32 Å². The lowest BCUT2D eigenvalue weighted by Crippen LogP contribution is -2.75. The molecule has 0 bridgehead atoms. The van der Waals surface area contributed by atoms with Crippen molar-refractivity contribution in [2.45, 2.75) is 31.1 Å². The Labute approximate surface area is 256 Å². The average Bonchev–Trinajstić information content (AvgIpc) is 3.04. The maximum Gasteiger partial charge on any atom is 0.305 e. The number of carboxylic acid groups (broad SMARTS) is 1. The number of hydrazine groups is 1. The van der Waals surface area contributed by atoms with Crippen molar-refractivity contribution in [1.82, 2.24) is 25.1 Å². The van der Waals surface area contributed by atoms with Gasteiger partial charge in [0.2, 0.25) is 17.6 Å². The van der Waals surface area contributed by atoms with Crippen LogP contribution in [0, 0.1) is 12.3 Å². The number of terminal acetylenes is 1. The molecule has 2 saturated heterocycles. The van der Waals surface area contributed by atoms with E-state index in [9.17, 15) is 24.3 Å². The third kappa shape index (κ3) is 6.50. The quantitative estimate of drug-likeness (QED) is 0.258. The van der Waals surface area contributed by atoms with Gasteiger partial charge in [-0.1, -0.05) is 96.9 Å². The highest BCUT2D eigenvalue weighted by molar-refractivity contribution is 5.93. The topological polar surface area (TPSA) is 114 Å². The van der Waals surface area contributed by atoms with Crippen molar-refractivity contribution in [2.75, 3.05) is 26.2 Å². The monoisotopic (exact) mass is 591 g/mol. The van der Waals surface area contributed by atoms with Crippen molar-refractivity contribution in [3.63, 3.8) is 0 Å². The number of aliphatic carboxylic acids is 1. The van der Waals surface area contributed by atoms with Crippen LogP contribution in [-0.2, 0) is 25.7 Å². The van der Waals surface area contributed by atoms with Crippen LogP contribution in [0.1, 0.15) is 29.0 Å². The first-order chi connectivity index (χ1) is 21.4. The number of nitrogens with one attached hydrogen (secondary N) is 1. The summed E-state index contributed by atoms with van der Waals surface area (Å²) in [5, 5.41) is 16.0. The van der Waals surface area contributed by atoms with Crippen LogP contribution in [0.15, 0.2) is 96.8 Å². The molecule has 2 N–H and O–H groups in total. The fourth-order valence-corrected chi connectivity index (χ4v) is 5.93. The Hall–Kier alpha value is -5.36. The first-order valence-electron chi connectivity index (χ1n) is 14.3. The van der Waals surface area contributed by atoms with Gasteiger partial charge in [-0.15, -0.1) is 6.42 Å². The molecule has 0 radical (unpaired) electrons. The second-order valence-corrected chi connectivity index (χ2v) is 10.7. The van der Waals surface area contributed by atoms with Crippen molar-refractivity contribution < 1.29 is 24.3 Å². The highest BCUT2D eigenvalue weighted by Crippen LogP contribution is 2.32. The number of piperazine rings is 1. The third-order valence-electron chi connectivity index (χ3n) is 7.91. The number of nitrogens with zero attached hydrogens (tertiary/aromatic N) is 4. The molecule has 0 spiro atoms. The lowest BCUT2D eigenvalue weighted by molar-refractivity contribution is -0.195. The number of amides is 2. The van der Waals surface area contributed by atoms with Crippen molar-refractivity contribution >= 4 is 23.7 Å². The molecule has 44 heavy (non-hydrogen) atoms. The number of hydrogen-bond acceptors (Lipinski definition) is 7. The van der Waals surface area contributed by atoms with E-state index in [1.807, 2.05) is 96.9 Å². The first-order valence-corrected chi connectivity index (χ1v) is 14.3. The highest BCUT2D eigenvalue weighted by Gasteiger charge is 2.51. The summed E-state index contributed by atoms with van der Waals surface area (Å²) in [6.07, 6.45) is 4.18. The molecule has 10 heteroatoms. The summed E-state index contributed by atoms with van der Waals surface area (Å²) in [5.41, 5.74) is 2.87. The van der Waals surface area contributed by atoms with Crippen LogP contribution >= 0.6 is 0 Å². The predicted octanol–water partition coefficient (Wildman–Crippen LogP) is 2.29. The van der Waals surface area contributed by atoms with Gasteiger partial charge in [-0.05, 0) is 16.7 Å². The van der Waals surface area contributed by atoms with E-state index in [4.69, 9.17) is 6.42 Å². The van der Waals surface area contributed by atoms with E-state index in [1.54, 1.807) is 14.9 Å². The number of rotatable bonds is 11. The third-order valence-corrected chi connectivity index (χ3v) is 7.91. The summed E-state index contributed by atoms with van der Waals surface area (Å²) < 4.78 is 0. The molecule has 2 amide bonds. The molecule has 0 aliphatic carbocycles. The Morgan fingerprint density at radius 3 is 2.09 bits per heavy atom. The van der Waals surface area contributed by atoms with Gasteiger partial charge in [0.1, 0.15) is 12.2 Å². The van der Waals surface area contributed by atoms with E-state index in [2.05, 4.69) is 11.2 Å². The summed E-state index contributed by atoms with van der Waals surface area (Å²) in [7, 11) is 0. The van der Waals surface area contributed by atoms with E-state index in [0.717, 1.165) is 16.7 Å². The molecule has 2 aliphatic heterocycles. The molecule has 10 nitrogen and oxygen atoms in total. The van der Waals surface area contributed by atoms with Crippen molar-refractivity contribution in [2.24, 2.45) is 0 Å². The predicted molar refractivity (Wildman–Crippen MR) is 163 cm³/mol. The van der Waals surface area contributed by atoms with Crippen molar-refractivity contribution in [1.29, 1.82) is 0 Å². The van der Waals surface area contributed by atoms with Crippen LogP contribution in [-0.4, -0.2) is 87.0 Å². The molecule has 0 saturated carbocycles. The fraction of sp³-hybridized carbons (Fsp3) is 0.265. The maximum atomic E-state index is 14.0. The fourth-order valence-electron chi connectivity index (χ4n) is 5.93. The zero-order valence-electron chi connectivity index (χ0n) is 24.1. The summed E-state index contributed by atoms with van der Waals surface area (Å²) in [4.78, 5) is 55.0. The minimum absolute atomic E-state index is 0.00246. The van der Waals surface area contributed by atoms with Gasteiger partial charge >= 0.3 is 5.97 Å². The van der Waals surface area contributed by atoms with E-state index in [0.29, 0.717) is 0 Å². The molecule has 3 aromatic carbocycles.